The van der Waals surface area contributed by atoms with E-state index in [4.69, 9.17) is 45.6 Å². The van der Waals surface area contributed by atoms with Crippen molar-refractivity contribution in [2.24, 2.45) is 49.5 Å². The SMILES string of the molecule is CCN(CC(C)C)CC(C)C.NC(=O)CCC(NC(=O)OCc1ccccc1)C(=O)CCCOCCOCCNC(=O)Cc1ccc(C2(C(F)(F)F)N=N2)cc1.NCCOCCOCCCC(=O)C(CCC(N)=O)NC(=O)OCc1ccccc1.O=C(Cc1ccc(C2(C(F)(F)F)N=N2)cc1)ON1C(=O)CCC1=O. The largest absolute Gasteiger partial charge is 0.445 e. The third-order valence-electron chi connectivity index (χ3n) is 15.9. The molecule has 3 aliphatic rings. The Hall–Kier alpha value is -9.68. The number of carbonyl (C=O) groups is 10. The highest BCUT2D eigenvalue weighted by Gasteiger charge is 2.66. The Bertz CT molecular complexity index is 3520. The number of hydrogen-bond donors (Lipinski definition) is 6. The Morgan fingerprint density at radius 2 is 0.908 bits per heavy atom. The molecule has 7 amide bonds. The number of amides is 7. The van der Waals surface area contributed by atoms with Crippen molar-refractivity contribution < 1.29 is 108 Å². The summed E-state index contributed by atoms with van der Waals surface area (Å²) in [5.41, 5.74) is 12.9. The minimum Gasteiger partial charge on any atom is -0.445 e. The number of imide groups is 1. The fourth-order valence-corrected chi connectivity index (χ4v) is 10.2. The predicted octanol–water partition coefficient (Wildman–Crippen LogP) is 8.99. The Morgan fingerprint density at radius 3 is 1.27 bits per heavy atom. The van der Waals surface area contributed by atoms with Gasteiger partial charge in [-0.2, -0.15) is 26.3 Å². The first kappa shape index (κ1) is 91.7. The number of alkyl halides is 6. The molecule has 1 fully saturated rings. The van der Waals surface area contributed by atoms with Gasteiger partial charge in [0.2, 0.25) is 17.7 Å². The average Bonchev–Trinajstić information content (AvgIpc) is 1.59. The number of halogens is 6. The zero-order valence-corrected chi connectivity index (χ0v) is 61.9. The first-order valence-corrected chi connectivity index (χ1v) is 35.6. The van der Waals surface area contributed by atoms with Gasteiger partial charge in [-0.05, 0) is 66.3 Å². The number of alkyl carbamates (subject to hydrolysis) is 2. The quantitative estimate of drug-likeness (QED) is 0.0136. The number of rotatable bonds is 45. The lowest BCUT2D eigenvalue weighted by Crippen LogP contribution is -2.41. The monoisotopic (exact) mass is 1540 g/mol. The fourth-order valence-electron chi connectivity index (χ4n) is 10.2. The van der Waals surface area contributed by atoms with E-state index in [-0.39, 0.29) is 139 Å². The molecule has 0 aromatic heterocycles. The van der Waals surface area contributed by atoms with Gasteiger partial charge in [-0.15, -0.1) is 25.5 Å². The minimum atomic E-state index is -4.62. The summed E-state index contributed by atoms with van der Waals surface area (Å²) in [5.74, 6) is -2.40. The summed E-state index contributed by atoms with van der Waals surface area (Å²) in [5, 5.41) is 20.6. The molecule has 9 N–H and O–H groups in total. The number of nitrogens with zero attached hydrogens (tertiary/aromatic N) is 6. The molecule has 4 aromatic rings. The van der Waals surface area contributed by atoms with Crippen molar-refractivity contribution in [3.05, 3.63) is 143 Å². The third-order valence-corrected chi connectivity index (χ3v) is 15.9. The van der Waals surface area contributed by atoms with Crippen molar-refractivity contribution in [3.63, 3.8) is 0 Å². The molecule has 3 heterocycles. The first-order valence-electron chi connectivity index (χ1n) is 35.6. The Labute approximate surface area is 628 Å². The molecule has 2 unspecified atom stereocenters. The molecule has 2 atom stereocenters. The highest BCUT2D eigenvalue weighted by Crippen LogP contribution is 2.53. The van der Waals surface area contributed by atoms with E-state index in [1.807, 2.05) is 48.5 Å². The second kappa shape index (κ2) is 48.0. The average molecular weight is 1540 g/mol. The number of hydroxylamine groups is 2. The van der Waals surface area contributed by atoms with Crippen LogP contribution in [0.1, 0.15) is 132 Å². The van der Waals surface area contributed by atoms with Crippen molar-refractivity contribution >= 4 is 59.3 Å². The van der Waals surface area contributed by atoms with Crippen LogP contribution in [0.5, 0.6) is 0 Å². The summed E-state index contributed by atoms with van der Waals surface area (Å²) in [6, 6.07) is 26.8. The molecule has 600 valence electrons. The third kappa shape index (κ3) is 35.5. The molecule has 3 aliphatic heterocycles. The summed E-state index contributed by atoms with van der Waals surface area (Å²) < 4.78 is 110. The van der Waals surface area contributed by atoms with Crippen LogP contribution in [0.4, 0.5) is 35.9 Å². The Kier molecular flexibility index (Phi) is 40.4. The lowest BCUT2D eigenvalue weighted by Gasteiger charge is -2.24. The van der Waals surface area contributed by atoms with E-state index < -0.39 is 77.5 Å². The number of ketones is 2. The predicted molar refractivity (Wildman–Crippen MR) is 382 cm³/mol. The molecule has 35 heteroatoms. The zero-order valence-electron chi connectivity index (χ0n) is 61.9. The summed E-state index contributed by atoms with van der Waals surface area (Å²) in [7, 11) is 0. The maximum Gasteiger partial charge on any atom is 0.442 e. The van der Waals surface area contributed by atoms with Crippen molar-refractivity contribution in [2.75, 3.05) is 85.6 Å². The van der Waals surface area contributed by atoms with Crippen LogP contribution in [0.15, 0.2) is 130 Å². The van der Waals surface area contributed by atoms with E-state index in [1.165, 1.54) is 68.2 Å². The van der Waals surface area contributed by atoms with E-state index in [2.05, 4.69) is 80.8 Å². The maximum absolute atomic E-state index is 13.1. The second-order valence-electron chi connectivity index (χ2n) is 25.9. The number of benzene rings is 4. The van der Waals surface area contributed by atoms with Crippen LogP contribution in [0, 0.1) is 11.8 Å². The van der Waals surface area contributed by atoms with Gasteiger partial charge < -0.3 is 71.3 Å². The molecule has 1 saturated heterocycles. The molecule has 0 bridgehead atoms. The summed E-state index contributed by atoms with van der Waals surface area (Å²) in [4.78, 5) is 125. The Balaban J connectivity index is 0.000000337. The normalized spacial score (nSPS) is 14.2. The van der Waals surface area contributed by atoms with E-state index in [1.54, 1.807) is 12.1 Å². The summed E-state index contributed by atoms with van der Waals surface area (Å²) >= 11 is 0. The summed E-state index contributed by atoms with van der Waals surface area (Å²) in [6.45, 7) is 18.6. The topological polar surface area (TPSA) is 405 Å². The van der Waals surface area contributed by atoms with Crippen molar-refractivity contribution in [1.82, 2.24) is 25.9 Å². The molecule has 4 aromatic carbocycles. The van der Waals surface area contributed by atoms with E-state index in [0.29, 0.717) is 62.0 Å². The number of Topliss-reactive ketones (excluding diaryl/α,β-unsaturated/α-hetero) is 2. The van der Waals surface area contributed by atoms with Gasteiger partial charge in [0.25, 0.3) is 11.8 Å². The van der Waals surface area contributed by atoms with Crippen LogP contribution in [0.25, 0.3) is 0 Å². The van der Waals surface area contributed by atoms with Gasteiger partial charge in [0.1, 0.15) is 13.2 Å². The van der Waals surface area contributed by atoms with Crippen LogP contribution in [-0.2, 0) is 109 Å². The van der Waals surface area contributed by atoms with Gasteiger partial charge in [-0.1, -0.05) is 144 Å². The lowest BCUT2D eigenvalue weighted by atomic mass is 10.0. The van der Waals surface area contributed by atoms with Gasteiger partial charge in [-0.25, -0.2) is 14.4 Å². The van der Waals surface area contributed by atoms with Gasteiger partial charge in [0.15, 0.2) is 11.6 Å². The highest BCUT2D eigenvalue weighted by molar-refractivity contribution is 6.01. The summed E-state index contributed by atoms with van der Waals surface area (Å²) in [6.07, 6.45) is -9.79. The van der Waals surface area contributed by atoms with Gasteiger partial charge in [-0.3, -0.25) is 33.6 Å². The van der Waals surface area contributed by atoms with Crippen LogP contribution in [-0.4, -0.2) is 179 Å². The molecular formula is C74H100F6N12O17. The minimum absolute atomic E-state index is 0.00957. The maximum atomic E-state index is 13.1. The molecule has 0 saturated carbocycles. The highest BCUT2D eigenvalue weighted by atomic mass is 19.4. The van der Waals surface area contributed by atoms with Crippen LogP contribution >= 0.6 is 0 Å². The first-order chi connectivity index (χ1) is 51.8. The molecule has 0 aliphatic carbocycles. The second-order valence-corrected chi connectivity index (χ2v) is 25.9. The van der Waals surface area contributed by atoms with Gasteiger partial charge in [0, 0.05) is 89.0 Å². The molecule has 109 heavy (non-hydrogen) atoms. The standard InChI is InChI=1S/C30H36F3N5O7.C20H31N3O6.C14H10F3N3O4.C10H23N/c31-30(32,33)29(37-38-29)23-10-8-21(9-11-23)19-27(41)35-14-16-44-18-17-43-15-4-7-25(39)24(12-13-26(34)40)36-28(42)45-20-22-5-2-1-3-6-22;21-10-12-28-14-13-27-11-4-7-18(24)17(8-9-19(22)25)23-20(26)29-15-16-5-2-1-3-6-16;15-14(16,17)13(18-19-13)9-3-1-8(2-4-9)7-12(23)24-20-10(21)5-6-11(20)22;1-6-11(7-9(2)3)8-10(4)5/h1-3,5-6,8-11,24H,4,7,12-20H2,(H2,34,40)(H,35,41)(H,36,42);1-3,5-6,17H,4,7-15,21H2,(H2,22,25)(H,23,26);1-4H,5-7H2;9-10H,6-8H2,1-5H3. The number of nitrogens with two attached hydrogens (primary N) is 3. The van der Waals surface area contributed by atoms with E-state index >= 15 is 0 Å². The number of primary amides is 2. The van der Waals surface area contributed by atoms with Crippen LogP contribution in [0.2, 0.25) is 0 Å². The molecule has 29 nitrogen and oxygen atoms in total. The van der Waals surface area contributed by atoms with Crippen molar-refractivity contribution in [2.45, 2.75) is 161 Å². The smallest absolute Gasteiger partial charge is 0.442 e. The molecule has 7 rings (SSSR count). The van der Waals surface area contributed by atoms with E-state index in [0.717, 1.165) is 23.0 Å². The van der Waals surface area contributed by atoms with Crippen LogP contribution < -0.4 is 33.2 Å². The van der Waals surface area contributed by atoms with Crippen molar-refractivity contribution in [3.8, 4) is 0 Å². The molecule has 0 spiro atoms. The number of nitrogens with one attached hydrogen (secondary N) is 3. The fraction of sp³-hybridized carbons (Fsp3) is 0.541. The molecular weight excluding hydrogens is 1440 g/mol. The molecule has 0 radical (unpaired) electrons. The number of ether oxygens (including phenoxy) is 6. The number of carbonyl (C=O) groups excluding carboxylic acids is 10. The van der Waals surface area contributed by atoms with E-state index in [9.17, 15) is 74.3 Å². The Morgan fingerprint density at radius 1 is 0.523 bits per heavy atom. The van der Waals surface area contributed by atoms with Gasteiger partial charge >= 0.3 is 41.8 Å². The van der Waals surface area contributed by atoms with Crippen molar-refractivity contribution in [1.29, 1.82) is 0 Å². The van der Waals surface area contributed by atoms with Gasteiger partial charge in [0.05, 0.1) is 64.6 Å². The van der Waals surface area contributed by atoms with Crippen LogP contribution in [0.3, 0.4) is 0 Å². The lowest BCUT2D eigenvalue weighted by molar-refractivity contribution is -0.197. The zero-order chi connectivity index (χ0) is 80.4. The number of hydrogen-bond acceptors (Lipinski definition) is 23.